The summed E-state index contributed by atoms with van der Waals surface area (Å²) >= 11 is 7.19. The first-order valence-corrected chi connectivity index (χ1v) is 9.10. The second kappa shape index (κ2) is 10.1. The van der Waals surface area contributed by atoms with E-state index >= 15 is 0 Å². The normalized spacial score (nSPS) is 10.1. The van der Waals surface area contributed by atoms with Crippen LogP contribution in [0.2, 0.25) is 0 Å². The summed E-state index contributed by atoms with van der Waals surface area (Å²) in [5.74, 6) is 2.93. The summed E-state index contributed by atoms with van der Waals surface area (Å²) in [6.45, 7) is 1.58. The third kappa shape index (κ3) is 6.93. The number of ether oxygens (including phenoxy) is 1. The molecular formula is C18H22N2OS2. The fourth-order valence-corrected chi connectivity index (χ4v) is 2.98. The lowest BCUT2D eigenvalue weighted by atomic mass is 10.2. The van der Waals surface area contributed by atoms with Gasteiger partial charge in [-0.3, -0.25) is 0 Å². The van der Waals surface area contributed by atoms with Crippen molar-refractivity contribution in [3.63, 3.8) is 0 Å². The number of thiocarbonyl (C=S) groups is 1. The van der Waals surface area contributed by atoms with Gasteiger partial charge in [0.1, 0.15) is 5.75 Å². The van der Waals surface area contributed by atoms with Crippen molar-refractivity contribution in [2.24, 2.45) is 0 Å². The molecule has 0 unspecified atom stereocenters. The molecule has 0 fully saturated rings. The Kier molecular flexibility index (Phi) is 7.77. The Morgan fingerprint density at radius 1 is 1.00 bits per heavy atom. The van der Waals surface area contributed by atoms with Gasteiger partial charge in [-0.05, 0) is 35.5 Å². The second-order valence-electron chi connectivity index (χ2n) is 5.00. The molecule has 0 radical (unpaired) electrons. The molecule has 0 saturated heterocycles. The van der Waals surface area contributed by atoms with E-state index in [4.69, 9.17) is 17.0 Å². The Balaban J connectivity index is 1.56. The minimum Gasteiger partial charge on any atom is -0.497 e. The van der Waals surface area contributed by atoms with E-state index in [1.807, 2.05) is 42.1 Å². The van der Waals surface area contributed by atoms with E-state index in [9.17, 15) is 0 Å². The van der Waals surface area contributed by atoms with Crippen LogP contribution in [0.1, 0.15) is 11.1 Å². The zero-order valence-corrected chi connectivity index (χ0v) is 14.9. The number of hydrogen-bond donors (Lipinski definition) is 2. The summed E-state index contributed by atoms with van der Waals surface area (Å²) in [5, 5.41) is 7.15. The lowest BCUT2D eigenvalue weighted by Gasteiger charge is -2.11. The van der Waals surface area contributed by atoms with Crippen LogP contribution in [0.4, 0.5) is 0 Å². The Morgan fingerprint density at radius 2 is 1.74 bits per heavy atom. The van der Waals surface area contributed by atoms with Gasteiger partial charge in [0, 0.05) is 24.6 Å². The maximum atomic E-state index is 5.29. The van der Waals surface area contributed by atoms with E-state index in [0.717, 1.165) is 23.8 Å². The van der Waals surface area contributed by atoms with Gasteiger partial charge in [-0.25, -0.2) is 0 Å². The molecule has 5 heteroatoms. The molecule has 0 bridgehead atoms. The van der Waals surface area contributed by atoms with Gasteiger partial charge in [0.25, 0.3) is 0 Å². The molecule has 0 heterocycles. The number of nitrogens with one attached hydrogen (secondary N) is 2. The van der Waals surface area contributed by atoms with E-state index in [2.05, 4.69) is 34.9 Å². The third-order valence-electron chi connectivity index (χ3n) is 3.26. The molecule has 2 rings (SSSR count). The van der Waals surface area contributed by atoms with Gasteiger partial charge < -0.3 is 15.4 Å². The first-order valence-electron chi connectivity index (χ1n) is 7.54. The van der Waals surface area contributed by atoms with Crippen LogP contribution < -0.4 is 15.4 Å². The van der Waals surface area contributed by atoms with Gasteiger partial charge in [0.05, 0.1) is 7.11 Å². The SMILES string of the molecule is COc1ccc(CNC(=S)NCCSCc2ccccc2)cc1. The van der Waals surface area contributed by atoms with E-state index < -0.39 is 0 Å². The van der Waals surface area contributed by atoms with E-state index in [1.54, 1.807) is 7.11 Å². The van der Waals surface area contributed by atoms with Gasteiger partial charge in [0.2, 0.25) is 0 Å². The molecule has 2 N–H and O–H groups in total. The van der Waals surface area contributed by atoms with Crippen LogP contribution in [0, 0.1) is 0 Å². The van der Waals surface area contributed by atoms with Crippen molar-refractivity contribution in [3.05, 3.63) is 65.7 Å². The second-order valence-corrected chi connectivity index (χ2v) is 6.51. The molecule has 0 aliphatic carbocycles. The average Bonchev–Trinajstić information content (AvgIpc) is 2.61. The van der Waals surface area contributed by atoms with Crippen molar-refractivity contribution < 1.29 is 4.74 Å². The van der Waals surface area contributed by atoms with Gasteiger partial charge in [-0.15, -0.1) is 0 Å². The largest absolute Gasteiger partial charge is 0.497 e. The Bertz CT molecular complexity index is 588. The van der Waals surface area contributed by atoms with E-state index in [0.29, 0.717) is 11.7 Å². The predicted molar refractivity (Wildman–Crippen MR) is 103 cm³/mol. The van der Waals surface area contributed by atoms with Crippen molar-refractivity contribution in [2.75, 3.05) is 19.4 Å². The molecule has 0 aliphatic rings. The molecule has 23 heavy (non-hydrogen) atoms. The van der Waals surface area contributed by atoms with Gasteiger partial charge in [-0.2, -0.15) is 11.8 Å². The fourth-order valence-electron chi connectivity index (χ4n) is 1.99. The summed E-state index contributed by atoms with van der Waals surface area (Å²) in [6.07, 6.45) is 0. The van der Waals surface area contributed by atoms with Gasteiger partial charge >= 0.3 is 0 Å². The van der Waals surface area contributed by atoms with Crippen molar-refractivity contribution >= 4 is 29.1 Å². The molecule has 3 nitrogen and oxygen atoms in total. The summed E-state index contributed by atoms with van der Waals surface area (Å²) < 4.78 is 5.14. The van der Waals surface area contributed by atoms with Crippen LogP contribution >= 0.6 is 24.0 Å². The van der Waals surface area contributed by atoms with Crippen molar-refractivity contribution in [1.29, 1.82) is 0 Å². The van der Waals surface area contributed by atoms with E-state index in [-0.39, 0.29) is 0 Å². The quantitative estimate of drug-likeness (QED) is 0.564. The van der Waals surface area contributed by atoms with Crippen LogP contribution in [0.5, 0.6) is 5.75 Å². The monoisotopic (exact) mass is 346 g/mol. The molecule has 2 aromatic carbocycles. The van der Waals surface area contributed by atoms with Crippen LogP contribution in [0.3, 0.4) is 0 Å². The maximum absolute atomic E-state index is 5.29. The standard InChI is InChI=1S/C18H22N2OS2/c1-21-17-9-7-15(8-10-17)13-20-18(22)19-11-12-23-14-16-5-3-2-4-6-16/h2-10H,11-14H2,1H3,(H2,19,20,22). The Morgan fingerprint density at radius 3 is 2.43 bits per heavy atom. The summed E-state index contributed by atoms with van der Waals surface area (Å²) in [6, 6.07) is 18.5. The lowest BCUT2D eigenvalue weighted by Crippen LogP contribution is -2.36. The molecule has 0 atom stereocenters. The predicted octanol–water partition coefficient (Wildman–Crippen LogP) is 3.59. The number of hydrogen-bond acceptors (Lipinski definition) is 3. The number of benzene rings is 2. The highest BCUT2D eigenvalue weighted by atomic mass is 32.2. The highest BCUT2D eigenvalue weighted by Gasteiger charge is 1.98. The van der Waals surface area contributed by atoms with Gasteiger partial charge in [-0.1, -0.05) is 42.5 Å². The highest BCUT2D eigenvalue weighted by Crippen LogP contribution is 2.11. The Labute approximate surface area is 147 Å². The van der Waals surface area contributed by atoms with Crippen molar-refractivity contribution in [3.8, 4) is 5.75 Å². The first-order chi connectivity index (χ1) is 11.3. The molecule has 0 aliphatic heterocycles. The molecule has 0 spiro atoms. The van der Waals surface area contributed by atoms with Crippen LogP contribution in [-0.2, 0) is 12.3 Å². The lowest BCUT2D eigenvalue weighted by molar-refractivity contribution is 0.414. The molecule has 0 aromatic heterocycles. The number of rotatable bonds is 8. The third-order valence-corrected chi connectivity index (χ3v) is 4.57. The zero-order chi connectivity index (χ0) is 16.3. The Hall–Kier alpha value is -1.72. The molecule has 2 aromatic rings. The first kappa shape index (κ1) is 17.6. The number of methoxy groups -OCH3 is 1. The van der Waals surface area contributed by atoms with Crippen molar-refractivity contribution in [1.82, 2.24) is 10.6 Å². The van der Waals surface area contributed by atoms with Crippen LogP contribution in [0.25, 0.3) is 0 Å². The summed E-state index contributed by atoms with van der Waals surface area (Å²) in [4.78, 5) is 0. The minimum absolute atomic E-state index is 0.695. The fraction of sp³-hybridized carbons (Fsp3) is 0.278. The smallest absolute Gasteiger partial charge is 0.166 e. The zero-order valence-electron chi connectivity index (χ0n) is 13.2. The molecule has 0 saturated carbocycles. The van der Waals surface area contributed by atoms with Crippen molar-refractivity contribution in [2.45, 2.75) is 12.3 Å². The summed E-state index contributed by atoms with van der Waals surface area (Å²) in [7, 11) is 1.67. The van der Waals surface area contributed by atoms with E-state index in [1.165, 1.54) is 11.1 Å². The number of thioether (sulfide) groups is 1. The molecule has 0 amide bonds. The van der Waals surface area contributed by atoms with Crippen LogP contribution in [-0.4, -0.2) is 24.5 Å². The molecule has 122 valence electrons. The summed E-state index contributed by atoms with van der Waals surface area (Å²) in [5.41, 5.74) is 2.53. The topological polar surface area (TPSA) is 33.3 Å². The highest BCUT2D eigenvalue weighted by molar-refractivity contribution is 7.98. The van der Waals surface area contributed by atoms with Crippen LogP contribution in [0.15, 0.2) is 54.6 Å². The minimum atomic E-state index is 0.695. The van der Waals surface area contributed by atoms with Gasteiger partial charge in [0.15, 0.2) is 5.11 Å². The molecular weight excluding hydrogens is 324 g/mol. The maximum Gasteiger partial charge on any atom is 0.166 e. The average molecular weight is 347 g/mol.